The van der Waals surface area contributed by atoms with Crippen molar-refractivity contribution in [2.24, 2.45) is 5.16 Å². The molecule has 0 radical (unpaired) electrons. The summed E-state index contributed by atoms with van der Waals surface area (Å²) in [5.41, 5.74) is 2.57. The van der Waals surface area contributed by atoms with E-state index in [-0.39, 0.29) is 6.61 Å². The van der Waals surface area contributed by atoms with E-state index >= 15 is 0 Å². The SMILES string of the molecule is COc1ccc(CON=C(C)c2ccc(OCC(=O)O)cc2)cc1. The van der Waals surface area contributed by atoms with Gasteiger partial charge in [-0.15, -0.1) is 0 Å². The minimum atomic E-state index is -1.01. The second-order valence-corrected chi connectivity index (χ2v) is 5.01. The fourth-order valence-corrected chi connectivity index (χ4v) is 1.92. The van der Waals surface area contributed by atoms with E-state index in [0.29, 0.717) is 18.1 Å². The molecule has 0 atom stereocenters. The van der Waals surface area contributed by atoms with Crippen LogP contribution in [0.15, 0.2) is 53.7 Å². The number of oxime groups is 1. The summed E-state index contributed by atoms with van der Waals surface area (Å²) >= 11 is 0. The number of rotatable bonds is 8. The molecular weight excluding hydrogens is 310 g/mol. The van der Waals surface area contributed by atoms with Gasteiger partial charge in [0.25, 0.3) is 0 Å². The molecule has 0 unspecified atom stereocenters. The normalized spacial score (nSPS) is 11.0. The van der Waals surface area contributed by atoms with E-state index in [0.717, 1.165) is 16.9 Å². The van der Waals surface area contributed by atoms with Gasteiger partial charge >= 0.3 is 5.97 Å². The molecule has 126 valence electrons. The Morgan fingerprint density at radius 1 is 1.04 bits per heavy atom. The summed E-state index contributed by atoms with van der Waals surface area (Å²) in [5.74, 6) is 0.278. The van der Waals surface area contributed by atoms with Crippen molar-refractivity contribution in [3.05, 3.63) is 59.7 Å². The summed E-state index contributed by atoms with van der Waals surface area (Å²) in [4.78, 5) is 15.8. The molecule has 0 aliphatic heterocycles. The van der Waals surface area contributed by atoms with Gasteiger partial charge in [-0.3, -0.25) is 0 Å². The molecule has 2 aromatic rings. The monoisotopic (exact) mass is 329 g/mol. The summed E-state index contributed by atoms with van der Waals surface area (Å²) in [6.07, 6.45) is 0. The molecule has 2 aromatic carbocycles. The zero-order chi connectivity index (χ0) is 17.4. The van der Waals surface area contributed by atoms with Gasteiger partial charge in [0.15, 0.2) is 6.61 Å². The third kappa shape index (κ3) is 5.31. The first-order valence-corrected chi connectivity index (χ1v) is 7.33. The minimum absolute atomic E-state index is 0.362. The van der Waals surface area contributed by atoms with Crippen LogP contribution >= 0.6 is 0 Å². The van der Waals surface area contributed by atoms with Crippen LogP contribution in [0.4, 0.5) is 0 Å². The zero-order valence-corrected chi connectivity index (χ0v) is 13.6. The summed E-state index contributed by atoms with van der Waals surface area (Å²) < 4.78 is 10.2. The van der Waals surface area contributed by atoms with Gasteiger partial charge in [-0.2, -0.15) is 0 Å². The average Bonchev–Trinajstić information content (AvgIpc) is 2.61. The Bertz CT molecular complexity index is 692. The molecule has 24 heavy (non-hydrogen) atoms. The van der Waals surface area contributed by atoms with Crippen molar-refractivity contribution in [2.45, 2.75) is 13.5 Å². The van der Waals surface area contributed by atoms with Gasteiger partial charge in [-0.25, -0.2) is 4.79 Å². The number of carboxylic acids is 1. The quantitative estimate of drug-likeness (QED) is 0.595. The number of methoxy groups -OCH3 is 1. The number of carbonyl (C=O) groups is 1. The maximum absolute atomic E-state index is 10.5. The number of ether oxygens (including phenoxy) is 2. The van der Waals surface area contributed by atoms with Crippen LogP contribution in [0, 0.1) is 0 Å². The van der Waals surface area contributed by atoms with E-state index in [1.54, 1.807) is 31.4 Å². The molecule has 6 heteroatoms. The third-order valence-electron chi connectivity index (χ3n) is 3.23. The van der Waals surface area contributed by atoms with E-state index in [4.69, 9.17) is 19.4 Å². The van der Waals surface area contributed by atoms with E-state index < -0.39 is 5.97 Å². The lowest BCUT2D eigenvalue weighted by atomic mass is 10.1. The second-order valence-electron chi connectivity index (χ2n) is 5.01. The first-order chi connectivity index (χ1) is 11.6. The van der Waals surface area contributed by atoms with Crippen molar-refractivity contribution < 1.29 is 24.2 Å². The molecular formula is C18H19NO5. The number of hydrogen-bond acceptors (Lipinski definition) is 5. The van der Waals surface area contributed by atoms with Gasteiger partial charge in [-0.05, 0) is 54.4 Å². The van der Waals surface area contributed by atoms with E-state index in [1.807, 2.05) is 31.2 Å². The fourth-order valence-electron chi connectivity index (χ4n) is 1.92. The molecule has 0 heterocycles. The predicted molar refractivity (Wildman–Crippen MR) is 89.6 cm³/mol. The minimum Gasteiger partial charge on any atom is -0.497 e. The number of nitrogens with zero attached hydrogens (tertiary/aromatic N) is 1. The number of aliphatic carboxylic acids is 1. The van der Waals surface area contributed by atoms with Gasteiger partial charge in [0.05, 0.1) is 12.8 Å². The van der Waals surface area contributed by atoms with Crippen LogP contribution in [0.2, 0.25) is 0 Å². The summed E-state index contributed by atoms with van der Waals surface area (Å²) in [5, 5.41) is 12.7. The van der Waals surface area contributed by atoms with Crippen LogP contribution < -0.4 is 9.47 Å². The zero-order valence-electron chi connectivity index (χ0n) is 13.6. The highest BCUT2D eigenvalue weighted by Gasteiger charge is 2.02. The third-order valence-corrected chi connectivity index (χ3v) is 3.23. The number of hydrogen-bond donors (Lipinski definition) is 1. The Morgan fingerprint density at radius 2 is 1.67 bits per heavy atom. The smallest absolute Gasteiger partial charge is 0.341 e. The van der Waals surface area contributed by atoms with Crippen molar-refractivity contribution in [1.29, 1.82) is 0 Å². The van der Waals surface area contributed by atoms with Crippen molar-refractivity contribution >= 4 is 11.7 Å². The van der Waals surface area contributed by atoms with Crippen molar-refractivity contribution in [3.63, 3.8) is 0 Å². The average molecular weight is 329 g/mol. The Labute approximate surface area is 140 Å². The van der Waals surface area contributed by atoms with Crippen LogP contribution in [0.1, 0.15) is 18.1 Å². The van der Waals surface area contributed by atoms with Crippen molar-refractivity contribution in [2.75, 3.05) is 13.7 Å². The van der Waals surface area contributed by atoms with Crippen molar-refractivity contribution in [1.82, 2.24) is 0 Å². The van der Waals surface area contributed by atoms with Crippen LogP contribution in [0.3, 0.4) is 0 Å². The predicted octanol–water partition coefficient (Wildman–Crippen LogP) is 3.10. The van der Waals surface area contributed by atoms with Crippen LogP contribution in [0.5, 0.6) is 11.5 Å². The molecule has 0 saturated heterocycles. The maximum atomic E-state index is 10.5. The van der Waals surface area contributed by atoms with Crippen molar-refractivity contribution in [3.8, 4) is 11.5 Å². The van der Waals surface area contributed by atoms with Crippen LogP contribution in [0.25, 0.3) is 0 Å². The van der Waals surface area contributed by atoms with Gasteiger partial charge < -0.3 is 19.4 Å². The molecule has 0 bridgehead atoms. The lowest BCUT2D eigenvalue weighted by molar-refractivity contribution is -0.139. The highest BCUT2D eigenvalue weighted by Crippen LogP contribution is 2.14. The maximum Gasteiger partial charge on any atom is 0.341 e. The Balaban J connectivity index is 1.88. The van der Waals surface area contributed by atoms with Gasteiger partial charge in [0.2, 0.25) is 0 Å². The Morgan fingerprint density at radius 3 is 2.25 bits per heavy atom. The molecule has 6 nitrogen and oxygen atoms in total. The van der Waals surface area contributed by atoms with E-state index in [2.05, 4.69) is 5.16 Å². The lowest BCUT2D eigenvalue weighted by Crippen LogP contribution is -2.09. The molecule has 0 fully saturated rings. The molecule has 0 saturated carbocycles. The van der Waals surface area contributed by atoms with E-state index in [9.17, 15) is 4.79 Å². The lowest BCUT2D eigenvalue weighted by Gasteiger charge is -2.06. The van der Waals surface area contributed by atoms with Gasteiger partial charge in [-0.1, -0.05) is 17.3 Å². The Hall–Kier alpha value is -3.02. The molecule has 0 spiro atoms. The van der Waals surface area contributed by atoms with Crippen LogP contribution in [-0.2, 0) is 16.2 Å². The summed E-state index contributed by atoms with van der Waals surface area (Å²) in [7, 11) is 1.62. The molecule has 0 amide bonds. The largest absolute Gasteiger partial charge is 0.497 e. The standard InChI is InChI=1S/C18H19NO5/c1-13(15-5-9-17(10-6-15)23-12-18(20)21)19-24-11-14-3-7-16(22-2)8-4-14/h3-10H,11-12H2,1-2H3,(H,20,21). The molecule has 0 aliphatic carbocycles. The summed E-state index contributed by atoms with van der Waals surface area (Å²) in [6, 6.07) is 14.5. The fraction of sp³-hybridized carbons (Fsp3) is 0.222. The highest BCUT2D eigenvalue weighted by atomic mass is 16.6. The molecule has 0 aromatic heterocycles. The molecule has 1 N–H and O–H groups in total. The topological polar surface area (TPSA) is 77.3 Å². The molecule has 0 aliphatic rings. The summed E-state index contributed by atoms with van der Waals surface area (Å²) in [6.45, 7) is 1.83. The van der Waals surface area contributed by atoms with E-state index in [1.165, 1.54) is 0 Å². The second kappa shape index (κ2) is 8.57. The van der Waals surface area contributed by atoms with Gasteiger partial charge in [0, 0.05) is 0 Å². The molecule has 2 rings (SSSR count). The van der Waals surface area contributed by atoms with Gasteiger partial charge in [0.1, 0.15) is 18.1 Å². The number of carboxylic acid groups (broad SMARTS) is 1. The Kier molecular flexibility index (Phi) is 6.19. The first kappa shape index (κ1) is 17.3. The highest BCUT2D eigenvalue weighted by molar-refractivity contribution is 5.98. The number of benzene rings is 2. The van der Waals surface area contributed by atoms with Crippen LogP contribution in [-0.4, -0.2) is 30.5 Å². The first-order valence-electron chi connectivity index (χ1n) is 7.33.